The summed E-state index contributed by atoms with van der Waals surface area (Å²) in [7, 11) is 0. The van der Waals surface area contributed by atoms with Gasteiger partial charge in [0, 0.05) is 38.3 Å². The Balaban J connectivity index is 0.000000421. The molecule has 3 atom stereocenters. The maximum absolute atomic E-state index is 12.6. The molecule has 1 aliphatic rings. The summed E-state index contributed by atoms with van der Waals surface area (Å²) in [5.74, 6) is -5.53. The molecule has 4 rings (SSSR count). The number of thiophene rings is 1. The second-order valence-electron chi connectivity index (χ2n) is 9.41. The first-order chi connectivity index (χ1) is 20.8. The number of hydrogen-bond donors (Lipinski definition) is 6. The van der Waals surface area contributed by atoms with E-state index in [0.717, 1.165) is 44.8 Å². The fraction of sp³-hybridized carbons (Fsp3) is 0.400. The standard InChI is InChI=1S/C21H23BrClN5O2S.2C2HF3O2/c1-11(20(29)26-10-14-6-13-9-24-3-2-17(13)28-14)27-21(30)18-5-12(8-25-18)4-15-7-16(22)19(23)31-15;2*3-2(4,5)1(6)7/h2-3,6-7,9,11-12,18,25,28H,4-5,8,10H2,1H3,(H,26,29)(H,27,30);2*(H,6,7)/t11-,12-,18+;;/m0../s1. The van der Waals surface area contributed by atoms with E-state index in [1.54, 1.807) is 30.7 Å². The van der Waals surface area contributed by atoms with E-state index in [9.17, 15) is 35.9 Å². The number of H-pyrrole nitrogens is 1. The fourth-order valence-electron chi connectivity index (χ4n) is 3.78. The predicted octanol–water partition coefficient (Wildman–Crippen LogP) is 4.65. The molecule has 3 aromatic rings. The van der Waals surface area contributed by atoms with Crippen LogP contribution in [-0.4, -0.2) is 74.9 Å². The zero-order chi connectivity index (χ0) is 34.1. The van der Waals surface area contributed by atoms with Crippen LogP contribution in [0.2, 0.25) is 4.34 Å². The van der Waals surface area contributed by atoms with Crippen molar-refractivity contribution >= 4 is 73.5 Å². The van der Waals surface area contributed by atoms with Gasteiger partial charge in [-0.3, -0.25) is 14.6 Å². The molecular formula is C25H25BrClF6N5O6S. The summed E-state index contributed by atoms with van der Waals surface area (Å²) >= 11 is 11.1. The summed E-state index contributed by atoms with van der Waals surface area (Å²) in [6.07, 6.45) is -5.07. The monoisotopic (exact) mass is 751 g/mol. The Morgan fingerprint density at radius 3 is 2.24 bits per heavy atom. The molecule has 0 bridgehead atoms. The number of aromatic nitrogens is 2. The van der Waals surface area contributed by atoms with Gasteiger partial charge < -0.3 is 31.1 Å². The molecule has 45 heavy (non-hydrogen) atoms. The van der Waals surface area contributed by atoms with E-state index in [2.05, 4.69) is 41.8 Å². The lowest BCUT2D eigenvalue weighted by atomic mass is 10.0. The van der Waals surface area contributed by atoms with Crippen LogP contribution in [-0.2, 0) is 32.1 Å². The average Bonchev–Trinajstić information content (AvgIpc) is 3.65. The molecule has 0 radical (unpaired) electrons. The molecule has 1 aliphatic heterocycles. The number of rotatable bonds is 7. The average molecular weight is 753 g/mol. The van der Waals surface area contributed by atoms with Gasteiger partial charge >= 0.3 is 24.3 Å². The molecule has 248 valence electrons. The number of aliphatic carboxylic acids is 2. The van der Waals surface area contributed by atoms with E-state index in [0.29, 0.717) is 12.5 Å². The highest BCUT2D eigenvalue weighted by molar-refractivity contribution is 9.10. The molecule has 0 aromatic carbocycles. The molecule has 0 spiro atoms. The molecule has 1 saturated heterocycles. The Kier molecular flexibility index (Phi) is 13.6. The van der Waals surface area contributed by atoms with Crippen LogP contribution in [0.5, 0.6) is 0 Å². The van der Waals surface area contributed by atoms with Crippen molar-refractivity contribution < 1.29 is 55.7 Å². The Labute approximate surface area is 267 Å². The SMILES string of the molecule is C[C@H](NC(=O)[C@H]1C[C@H](Cc2cc(Br)c(Cl)s2)CN1)C(=O)NCc1cc2cnccc2[nH]1.O=C(O)C(F)(F)F.O=C(O)C(F)(F)F. The first-order valence-electron chi connectivity index (χ1n) is 12.5. The number of carbonyl (C=O) groups excluding carboxylic acids is 2. The van der Waals surface area contributed by atoms with Crippen molar-refractivity contribution in [1.82, 2.24) is 25.9 Å². The van der Waals surface area contributed by atoms with Gasteiger partial charge in [-0.05, 0) is 66.4 Å². The summed E-state index contributed by atoms with van der Waals surface area (Å²) in [5.41, 5.74) is 1.86. The van der Waals surface area contributed by atoms with Crippen LogP contribution in [0.25, 0.3) is 10.9 Å². The van der Waals surface area contributed by atoms with Gasteiger partial charge in [0.1, 0.15) is 10.4 Å². The van der Waals surface area contributed by atoms with E-state index in [1.165, 1.54) is 4.88 Å². The van der Waals surface area contributed by atoms with Crippen LogP contribution in [0.15, 0.2) is 35.1 Å². The van der Waals surface area contributed by atoms with E-state index >= 15 is 0 Å². The number of carbonyl (C=O) groups is 4. The highest BCUT2D eigenvalue weighted by atomic mass is 79.9. The van der Waals surface area contributed by atoms with Crippen molar-refractivity contribution in [1.29, 1.82) is 0 Å². The molecule has 3 aromatic heterocycles. The third kappa shape index (κ3) is 12.5. The number of halogens is 8. The lowest BCUT2D eigenvalue weighted by molar-refractivity contribution is -0.193. The number of carboxylic acid groups (broad SMARTS) is 2. The van der Waals surface area contributed by atoms with Crippen LogP contribution >= 0.6 is 38.9 Å². The second kappa shape index (κ2) is 16.2. The van der Waals surface area contributed by atoms with Crippen LogP contribution < -0.4 is 16.0 Å². The third-order valence-electron chi connectivity index (χ3n) is 5.89. The lowest BCUT2D eigenvalue weighted by Crippen LogP contribution is -2.49. The van der Waals surface area contributed by atoms with Gasteiger partial charge in [-0.1, -0.05) is 11.6 Å². The quantitative estimate of drug-likeness (QED) is 0.189. The first kappa shape index (κ1) is 37.8. The minimum absolute atomic E-state index is 0.146. The van der Waals surface area contributed by atoms with Crippen molar-refractivity contribution in [2.24, 2.45) is 5.92 Å². The Bertz CT molecular complexity index is 1420. The van der Waals surface area contributed by atoms with Crippen LogP contribution in [0, 0.1) is 5.92 Å². The molecule has 2 amide bonds. The Hall–Kier alpha value is -3.42. The number of aromatic amines is 1. The molecule has 20 heteroatoms. The Morgan fingerprint density at radius 2 is 1.73 bits per heavy atom. The van der Waals surface area contributed by atoms with Crippen molar-refractivity contribution in [2.75, 3.05) is 6.54 Å². The number of amides is 2. The first-order valence-corrected chi connectivity index (χ1v) is 14.5. The highest BCUT2D eigenvalue weighted by Crippen LogP contribution is 2.34. The second-order valence-corrected chi connectivity index (χ2v) is 12.0. The third-order valence-corrected chi connectivity index (χ3v) is 8.39. The summed E-state index contributed by atoms with van der Waals surface area (Å²) in [5, 5.41) is 24.2. The van der Waals surface area contributed by atoms with Crippen molar-refractivity contribution in [3.05, 3.63) is 50.0 Å². The van der Waals surface area contributed by atoms with Gasteiger partial charge in [0.05, 0.1) is 12.6 Å². The molecule has 11 nitrogen and oxygen atoms in total. The number of fused-ring (bicyclic) bond motifs is 1. The minimum Gasteiger partial charge on any atom is -0.475 e. The molecule has 1 fully saturated rings. The minimum atomic E-state index is -5.08. The number of alkyl halides is 6. The number of nitrogens with zero attached hydrogens (tertiary/aromatic N) is 1. The molecule has 4 heterocycles. The molecule has 0 aliphatic carbocycles. The summed E-state index contributed by atoms with van der Waals surface area (Å²) in [4.78, 5) is 51.4. The van der Waals surface area contributed by atoms with Crippen molar-refractivity contribution in [3.63, 3.8) is 0 Å². The van der Waals surface area contributed by atoms with Gasteiger partial charge in [0.25, 0.3) is 0 Å². The van der Waals surface area contributed by atoms with Crippen molar-refractivity contribution in [2.45, 2.75) is 50.7 Å². The maximum Gasteiger partial charge on any atom is 0.490 e. The highest BCUT2D eigenvalue weighted by Gasteiger charge is 2.39. The van der Waals surface area contributed by atoms with Gasteiger partial charge in [-0.15, -0.1) is 11.3 Å². The fourth-order valence-corrected chi connectivity index (χ4v) is 5.69. The van der Waals surface area contributed by atoms with Gasteiger partial charge in [-0.2, -0.15) is 26.3 Å². The predicted molar refractivity (Wildman–Crippen MR) is 154 cm³/mol. The summed E-state index contributed by atoms with van der Waals surface area (Å²) in [6, 6.07) is 4.97. The smallest absolute Gasteiger partial charge is 0.475 e. The zero-order valence-corrected chi connectivity index (χ0v) is 26.0. The number of nitrogens with one attached hydrogen (secondary N) is 4. The van der Waals surface area contributed by atoms with Gasteiger partial charge in [0.2, 0.25) is 11.8 Å². The van der Waals surface area contributed by atoms with Gasteiger partial charge in [0.15, 0.2) is 0 Å². The van der Waals surface area contributed by atoms with Crippen LogP contribution in [0.3, 0.4) is 0 Å². The lowest BCUT2D eigenvalue weighted by Gasteiger charge is -2.17. The normalized spacial score (nSPS) is 16.9. The molecular weight excluding hydrogens is 728 g/mol. The maximum atomic E-state index is 12.6. The van der Waals surface area contributed by atoms with E-state index in [4.69, 9.17) is 31.4 Å². The van der Waals surface area contributed by atoms with Crippen LogP contribution in [0.1, 0.15) is 23.9 Å². The largest absolute Gasteiger partial charge is 0.490 e. The Morgan fingerprint density at radius 1 is 1.13 bits per heavy atom. The molecule has 0 saturated carbocycles. The number of pyridine rings is 1. The topological polar surface area (TPSA) is 174 Å². The van der Waals surface area contributed by atoms with Crippen LogP contribution in [0.4, 0.5) is 26.3 Å². The summed E-state index contributed by atoms with van der Waals surface area (Å²) in [6.45, 7) is 2.82. The molecule has 6 N–H and O–H groups in total. The van der Waals surface area contributed by atoms with E-state index < -0.39 is 30.3 Å². The van der Waals surface area contributed by atoms with E-state index in [-0.39, 0.29) is 17.9 Å². The van der Waals surface area contributed by atoms with Gasteiger partial charge in [-0.25, -0.2) is 9.59 Å². The number of hydrogen-bond acceptors (Lipinski definition) is 7. The van der Waals surface area contributed by atoms with E-state index in [1.807, 2.05) is 18.2 Å². The summed E-state index contributed by atoms with van der Waals surface area (Å²) < 4.78 is 65.1. The molecule has 0 unspecified atom stereocenters. The number of carboxylic acids is 2. The van der Waals surface area contributed by atoms with Crippen molar-refractivity contribution in [3.8, 4) is 0 Å². The zero-order valence-electron chi connectivity index (χ0n) is 22.9.